The largest absolute Gasteiger partial charge is 0.478 e. The molecule has 3 aliphatic rings. The van der Waals surface area contributed by atoms with Crippen LogP contribution < -0.4 is 10.6 Å². The van der Waals surface area contributed by atoms with Crippen molar-refractivity contribution < 1.29 is 19.4 Å². The number of alkyl halides is 1. The van der Waals surface area contributed by atoms with E-state index in [1.54, 1.807) is 12.3 Å². The highest BCUT2D eigenvalue weighted by Gasteiger charge is 2.35. The van der Waals surface area contributed by atoms with Crippen LogP contribution in [-0.2, 0) is 9.53 Å². The number of rotatable bonds is 3. The Morgan fingerprint density at radius 3 is 2.50 bits per heavy atom. The molecule has 0 aromatic carbocycles. The number of allylic oxidation sites excluding steroid dienone is 9. The number of hydrogen-bond acceptors (Lipinski definition) is 5. The average Bonchev–Trinajstić information content (AvgIpc) is 3.35. The minimum absolute atomic E-state index is 0.129. The summed E-state index contributed by atoms with van der Waals surface area (Å²) in [6.45, 7) is 11.6. The van der Waals surface area contributed by atoms with Crippen molar-refractivity contribution >= 4 is 60.7 Å². The minimum atomic E-state index is -1.05. The maximum Gasteiger partial charge on any atom is 0.338 e. The summed E-state index contributed by atoms with van der Waals surface area (Å²) in [4.78, 5) is 23.7. The van der Waals surface area contributed by atoms with Crippen molar-refractivity contribution in [1.29, 1.82) is 0 Å². The van der Waals surface area contributed by atoms with Crippen molar-refractivity contribution in [1.82, 2.24) is 5.32 Å². The van der Waals surface area contributed by atoms with Crippen LogP contribution in [0, 0.1) is 6.92 Å². The van der Waals surface area contributed by atoms with Gasteiger partial charge in [0.05, 0.1) is 5.56 Å². The fraction of sp³-hybridized carbons (Fsp3) is 0.429. The lowest BCUT2D eigenvalue weighted by atomic mass is 10.2. The van der Waals surface area contributed by atoms with E-state index >= 15 is 0 Å². The lowest BCUT2D eigenvalue weighted by Gasteiger charge is -2.11. The van der Waals surface area contributed by atoms with Crippen LogP contribution in [0.2, 0.25) is 0 Å². The highest BCUT2D eigenvalue weighted by atomic mass is 35.5. The molecule has 1 aromatic rings. The number of aryl methyl sites for hydroxylation is 1. The Bertz CT molecular complexity index is 1030. The lowest BCUT2D eigenvalue weighted by Crippen LogP contribution is -2.36. The third kappa shape index (κ3) is 12.3. The fourth-order valence-corrected chi connectivity index (χ4v) is 4.70. The summed E-state index contributed by atoms with van der Waals surface area (Å²) in [7, 11) is 2.64. The summed E-state index contributed by atoms with van der Waals surface area (Å²) < 4.78 is 5.78. The van der Waals surface area contributed by atoms with Gasteiger partial charge in [-0.2, -0.15) is 0 Å². The van der Waals surface area contributed by atoms with Gasteiger partial charge in [0.1, 0.15) is 11.1 Å². The zero-order valence-electron chi connectivity index (χ0n) is 23.0. The molecular formula is C28H41Cl2N2O4PS. The van der Waals surface area contributed by atoms with E-state index in [9.17, 15) is 14.7 Å². The SMILES string of the molecule is CC.CC.CCCl.Cc1csc(NC(=O)C2NC3=C(P)C=CCCC3O2)c1C(=O)O.ClC1=CCC=CC=C1. The number of amides is 1. The van der Waals surface area contributed by atoms with E-state index in [4.69, 9.17) is 27.9 Å². The molecule has 2 aliphatic carbocycles. The van der Waals surface area contributed by atoms with Crippen LogP contribution in [0.25, 0.3) is 0 Å². The number of hydrogen-bond donors (Lipinski definition) is 3. The maximum atomic E-state index is 12.4. The second-order valence-electron chi connectivity index (χ2n) is 7.29. The number of carbonyl (C=O) groups is 2. The van der Waals surface area contributed by atoms with Crippen LogP contribution in [0.15, 0.2) is 64.0 Å². The first-order chi connectivity index (χ1) is 18.3. The van der Waals surface area contributed by atoms with Crippen molar-refractivity contribution in [2.75, 3.05) is 11.2 Å². The van der Waals surface area contributed by atoms with Gasteiger partial charge < -0.3 is 20.5 Å². The number of ether oxygens (including phenoxy) is 1. The molecule has 0 bridgehead atoms. The molecule has 0 saturated carbocycles. The van der Waals surface area contributed by atoms with Crippen molar-refractivity contribution in [2.24, 2.45) is 0 Å². The number of nitrogens with one attached hydrogen (secondary N) is 2. The molecule has 1 aliphatic heterocycles. The average molecular weight is 604 g/mol. The van der Waals surface area contributed by atoms with Gasteiger partial charge in [-0.3, -0.25) is 4.79 Å². The molecule has 3 unspecified atom stereocenters. The number of carboxylic acid groups (broad SMARTS) is 1. The molecule has 38 heavy (non-hydrogen) atoms. The Morgan fingerprint density at radius 1 is 1.21 bits per heavy atom. The molecule has 3 atom stereocenters. The molecule has 1 amide bonds. The van der Waals surface area contributed by atoms with Gasteiger partial charge >= 0.3 is 5.97 Å². The monoisotopic (exact) mass is 602 g/mol. The van der Waals surface area contributed by atoms with Gasteiger partial charge in [-0.05, 0) is 48.5 Å². The molecule has 0 spiro atoms. The number of carbonyl (C=O) groups excluding carboxylic acids is 1. The van der Waals surface area contributed by atoms with E-state index < -0.39 is 18.1 Å². The van der Waals surface area contributed by atoms with Crippen LogP contribution in [0.5, 0.6) is 0 Å². The standard InChI is InChI=1S/C15H17N2O4PS.C7H7Cl.C2H5Cl.2C2H6/c1-7-6-23-14(10(7)15(19)20)17-12(18)13-16-11-8(21-13)4-2-3-5-9(11)22;8-7-5-3-1-2-4-6-7;1-2-3;2*1-2/h3,5-6,8,13,16H,2,4,22H2,1H3,(H,17,18)(H,19,20);1-3,5-6H,4H2;2H2,1H3;2*1-2H3. The molecule has 0 radical (unpaired) electrons. The van der Waals surface area contributed by atoms with Crippen LogP contribution in [0.1, 0.15) is 69.8 Å². The summed E-state index contributed by atoms with van der Waals surface area (Å²) in [5.74, 6) is -0.721. The quantitative estimate of drug-likeness (QED) is 0.239. The van der Waals surface area contributed by atoms with Crippen LogP contribution in [0.3, 0.4) is 0 Å². The van der Waals surface area contributed by atoms with Crippen LogP contribution in [0.4, 0.5) is 5.00 Å². The van der Waals surface area contributed by atoms with E-state index in [0.717, 1.165) is 41.2 Å². The summed E-state index contributed by atoms with van der Waals surface area (Å²) in [5.41, 5.74) is 1.65. The molecule has 10 heteroatoms. The number of aromatic carboxylic acids is 1. The third-order valence-electron chi connectivity index (χ3n) is 4.73. The summed E-state index contributed by atoms with van der Waals surface area (Å²) in [5, 5.41) is 18.8. The van der Waals surface area contributed by atoms with Crippen molar-refractivity contribution in [2.45, 2.75) is 73.1 Å². The number of anilines is 1. The van der Waals surface area contributed by atoms with Gasteiger partial charge in [-0.1, -0.05) is 82.7 Å². The molecule has 1 fully saturated rings. The molecule has 1 aromatic heterocycles. The molecule has 1 saturated heterocycles. The van der Waals surface area contributed by atoms with Gasteiger partial charge in [0.25, 0.3) is 5.91 Å². The van der Waals surface area contributed by atoms with E-state index in [-0.39, 0.29) is 11.7 Å². The Balaban J connectivity index is 0.000000757. The van der Waals surface area contributed by atoms with E-state index in [2.05, 4.69) is 32.0 Å². The van der Waals surface area contributed by atoms with Gasteiger partial charge in [0.2, 0.25) is 6.23 Å². The lowest BCUT2D eigenvalue weighted by molar-refractivity contribution is -0.127. The summed E-state index contributed by atoms with van der Waals surface area (Å²) >= 11 is 11.9. The normalized spacial score (nSPS) is 18.6. The topological polar surface area (TPSA) is 87.7 Å². The Hall–Kier alpha value is -1.89. The number of halogens is 2. The second kappa shape index (κ2) is 21.0. The first-order valence-corrected chi connectivity index (χ1v) is 15.1. The Kier molecular flexibility index (Phi) is 20.0. The minimum Gasteiger partial charge on any atom is -0.478 e. The first-order valence-electron chi connectivity index (χ1n) is 12.7. The first kappa shape index (κ1) is 36.1. The number of carboxylic acids is 1. The molecule has 212 valence electrons. The Labute approximate surface area is 244 Å². The molecular weight excluding hydrogens is 562 g/mol. The molecule has 4 rings (SSSR count). The van der Waals surface area contributed by atoms with Gasteiger partial charge in [-0.25, -0.2) is 4.79 Å². The molecule has 6 nitrogen and oxygen atoms in total. The maximum absolute atomic E-state index is 12.4. The Morgan fingerprint density at radius 2 is 1.87 bits per heavy atom. The van der Waals surface area contributed by atoms with Gasteiger partial charge in [0.15, 0.2) is 0 Å². The smallest absolute Gasteiger partial charge is 0.338 e. The van der Waals surface area contributed by atoms with Crippen molar-refractivity contribution in [3.8, 4) is 0 Å². The van der Waals surface area contributed by atoms with Crippen LogP contribution >= 0.6 is 43.8 Å². The summed E-state index contributed by atoms with van der Waals surface area (Å²) in [6, 6.07) is 0. The van der Waals surface area contributed by atoms with Gasteiger partial charge in [0, 0.05) is 16.6 Å². The zero-order valence-corrected chi connectivity index (χ0v) is 26.5. The van der Waals surface area contributed by atoms with Crippen molar-refractivity contribution in [3.63, 3.8) is 0 Å². The van der Waals surface area contributed by atoms with E-state index in [1.165, 1.54) is 11.3 Å². The molecule has 3 N–H and O–H groups in total. The predicted octanol–water partition coefficient (Wildman–Crippen LogP) is 8.37. The zero-order chi connectivity index (χ0) is 29.1. The van der Waals surface area contributed by atoms with Crippen molar-refractivity contribution in [3.05, 3.63) is 75.1 Å². The summed E-state index contributed by atoms with van der Waals surface area (Å²) in [6.07, 6.45) is 15.6. The third-order valence-corrected chi connectivity index (χ3v) is 6.53. The fourth-order valence-electron chi connectivity index (χ4n) is 3.19. The van der Waals surface area contributed by atoms with Crippen LogP contribution in [-0.4, -0.2) is 35.2 Å². The highest BCUT2D eigenvalue weighted by Crippen LogP contribution is 2.31. The highest BCUT2D eigenvalue weighted by molar-refractivity contribution is 7.23. The number of fused-ring (bicyclic) bond motifs is 1. The van der Waals surface area contributed by atoms with E-state index in [0.29, 0.717) is 10.6 Å². The molecule has 2 heterocycles. The van der Waals surface area contributed by atoms with Gasteiger partial charge in [-0.15, -0.1) is 32.2 Å². The van der Waals surface area contributed by atoms with E-state index in [1.807, 2.05) is 65.0 Å². The second-order valence-corrected chi connectivity index (χ2v) is 9.77. The number of thiophene rings is 1. The predicted molar refractivity (Wildman–Crippen MR) is 167 cm³/mol.